The van der Waals surface area contributed by atoms with Crippen molar-refractivity contribution >= 4 is 16.0 Å². The first-order valence-corrected chi connectivity index (χ1v) is 11.6. The highest BCUT2D eigenvalue weighted by Crippen LogP contribution is 2.26. The van der Waals surface area contributed by atoms with E-state index in [0.717, 1.165) is 22.4 Å². The number of benzene rings is 2. The summed E-state index contributed by atoms with van der Waals surface area (Å²) in [6.07, 6.45) is 0. The molecule has 0 atom stereocenters. The van der Waals surface area contributed by atoms with Crippen LogP contribution in [0.15, 0.2) is 59.5 Å². The Labute approximate surface area is 183 Å². The molecule has 2 aromatic carbocycles. The molecule has 0 spiro atoms. The summed E-state index contributed by atoms with van der Waals surface area (Å²) < 4.78 is 33.6. The molecule has 0 amide bonds. The quantitative estimate of drug-likeness (QED) is 0.523. The van der Waals surface area contributed by atoms with Crippen LogP contribution in [0.2, 0.25) is 0 Å². The average molecular weight is 441 g/mol. The third-order valence-corrected chi connectivity index (χ3v) is 7.07. The summed E-state index contributed by atoms with van der Waals surface area (Å²) >= 11 is 0. The molecule has 3 aromatic rings. The molecule has 0 aliphatic heterocycles. The highest BCUT2D eigenvalue weighted by atomic mass is 32.2. The maximum absolute atomic E-state index is 13.5. The van der Waals surface area contributed by atoms with Gasteiger partial charge in [0.05, 0.1) is 11.5 Å². The second-order valence-corrected chi connectivity index (χ2v) is 9.46. The highest BCUT2D eigenvalue weighted by molar-refractivity contribution is 7.89. The van der Waals surface area contributed by atoms with Crippen LogP contribution in [-0.4, -0.2) is 30.3 Å². The van der Waals surface area contributed by atoms with Crippen molar-refractivity contribution in [3.8, 4) is 0 Å². The van der Waals surface area contributed by atoms with Gasteiger partial charge in [-0.2, -0.15) is 4.31 Å². The summed E-state index contributed by atoms with van der Waals surface area (Å²) in [6, 6.07) is 16.2. The number of carbonyl (C=O) groups is 1. The van der Waals surface area contributed by atoms with Crippen molar-refractivity contribution in [1.29, 1.82) is 0 Å². The lowest BCUT2D eigenvalue weighted by molar-refractivity contribution is 0.0519. The first-order chi connectivity index (χ1) is 14.7. The van der Waals surface area contributed by atoms with Crippen LogP contribution in [-0.2, 0) is 27.8 Å². The number of aromatic amines is 1. The predicted molar refractivity (Wildman–Crippen MR) is 120 cm³/mol. The summed E-state index contributed by atoms with van der Waals surface area (Å²) in [4.78, 5) is 15.6. The number of hydrogen-bond donors (Lipinski definition) is 1. The Bertz CT molecular complexity index is 1150. The van der Waals surface area contributed by atoms with Crippen molar-refractivity contribution in [2.75, 3.05) is 6.61 Å². The van der Waals surface area contributed by atoms with Crippen LogP contribution in [0.5, 0.6) is 0 Å². The van der Waals surface area contributed by atoms with Crippen molar-refractivity contribution in [3.05, 3.63) is 88.2 Å². The zero-order valence-corrected chi connectivity index (χ0v) is 19.1. The molecule has 0 aliphatic carbocycles. The Hall–Kier alpha value is -2.90. The lowest BCUT2D eigenvalue weighted by atomic mass is 10.1. The lowest BCUT2D eigenvalue weighted by Crippen LogP contribution is -2.30. The van der Waals surface area contributed by atoms with Crippen LogP contribution in [0.25, 0.3) is 0 Å². The van der Waals surface area contributed by atoms with Gasteiger partial charge in [-0.15, -0.1) is 0 Å². The molecule has 3 rings (SSSR count). The van der Waals surface area contributed by atoms with Crippen molar-refractivity contribution in [2.45, 2.75) is 45.7 Å². The Kier molecular flexibility index (Phi) is 6.97. The van der Waals surface area contributed by atoms with Gasteiger partial charge in [0, 0.05) is 18.8 Å². The molecule has 0 saturated heterocycles. The van der Waals surface area contributed by atoms with Crippen molar-refractivity contribution in [3.63, 3.8) is 0 Å². The third kappa shape index (κ3) is 5.06. The number of aryl methyl sites for hydroxylation is 2. The van der Waals surface area contributed by atoms with E-state index in [1.807, 2.05) is 45.0 Å². The number of nitrogens with zero attached hydrogens (tertiary/aromatic N) is 1. The number of nitrogens with one attached hydrogen (secondary N) is 1. The molecule has 0 fully saturated rings. The summed E-state index contributed by atoms with van der Waals surface area (Å²) in [7, 11) is -3.76. The Morgan fingerprint density at radius 3 is 2.23 bits per heavy atom. The van der Waals surface area contributed by atoms with E-state index in [-0.39, 0.29) is 24.6 Å². The minimum absolute atomic E-state index is 0.138. The highest BCUT2D eigenvalue weighted by Gasteiger charge is 2.28. The molecule has 164 valence electrons. The van der Waals surface area contributed by atoms with E-state index in [4.69, 9.17) is 4.74 Å². The minimum Gasteiger partial charge on any atom is -0.461 e. The average Bonchev–Trinajstić information content (AvgIpc) is 3.04. The van der Waals surface area contributed by atoms with E-state index < -0.39 is 16.0 Å². The van der Waals surface area contributed by atoms with E-state index in [1.54, 1.807) is 37.3 Å². The molecule has 6 nitrogen and oxygen atoms in total. The summed E-state index contributed by atoms with van der Waals surface area (Å²) in [6.45, 7) is 8.02. The fourth-order valence-corrected chi connectivity index (χ4v) is 4.89. The Morgan fingerprint density at radius 2 is 1.61 bits per heavy atom. The minimum atomic E-state index is -3.76. The van der Waals surface area contributed by atoms with E-state index in [9.17, 15) is 13.2 Å². The second-order valence-electron chi connectivity index (χ2n) is 7.52. The van der Waals surface area contributed by atoms with Crippen LogP contribution in [0, 0.1) is 20.8 Å². The number of sulfonamides is 1. The SMILES string of the molecule is CCOC(=O)c1[nH]c(C)c(CN(Cc2ccc(C)cc2)S(=O)(=O)c2ccccc2)c1C. The van der Waals surface area contributed by atoms with Gasteiger partial charge in [-0.05, 0) is 56.5 Å². The largest absolute Gasteiger partial charge is 0.461 e. The van der Waals surface area contributed by atoms with E-state index in [0.29, 0.717) is 11.3 Å². The molecule has 0 radical (unpaired) electrons. The molecule has 7 heteroatoms. The van der Waals surface area contributed by atoms with Crippen LogP contribution >= 0.6 is 0 Å². The molecular formula is C24H28N2O4S. The monoisotopic (exact) mass is 440 g/mol. The lowest BCUT2D eigenvalue weighted by Gasteiger charge is -2.23. The number of hydrogen-bond acceptors (Lipinski definition) is 4. The maximum Gasteiger partial charge on any atom is 0.355 e. The van der Waals surface area contributed by atoms with E-state index >= 15 is 0 Å². The molecule has 1 N–H and O–H groups in total. The fraction of sp³-hybridized carbons (Fsp3) is 0.292. The topological polar surface area (TPSA) is 79.5 Å². The predicted octanol–water partition coefficient (Wildman–Crippen LogP) is 4.51. The summed E-state index contributed by atoms with van der Waals surface area (Å²) in [5.74, 6) is -0.439. The molecule has 1 aromatic heterocycles. The Morgan fingerprint density at radius 1 is 0.968 bits per heavy atom. The van der Waals surface area contributed by atoms with Gasteiger partial charge in [0.1, 0.15) is 5.69 Å². The maximum atomic E-state index is 13.5. The van der Waals surface area contributed by atoms with Crippen LogP contribution in [0.1, 0.15) is 45.4 Å². The number of aromatic nitrogens is 1. The number of H-pyrrole nitrogens is 1. The van der Waals surface area contributed by atoms with E-state index in [1.165, 1.54) is 4.31 Å². The fourth-order valence-electron chi connectivity index (χ4n) is 3.47. The van der Waals surface area contributed by atoms with E-state index in [2.05, 4.69) is 4.98 Å². The van der Waals surface area contributed by atoms with Gasteiger partial charge in [-0.25, -0.2) is 13.2 Å². The van der Waals surface area contributed by atoms with Crippen LogP contribution in [0.4, 0.5) is 0 Å². The molecule has 1 heterocycles. The molecule has 31 heavy (non-hydrogen) atoms. The van der Waals surface area contributed by atoms with Gasteiger partial charge in [0.2, 0.25) is 10.0 Å². The summed E-state index contributed by atoms with van der Waals surface area (Å²) in [5.41, 5.74) is 4.58. The van der Waals surface area contributed by atoms with Gasteiger partial charge >= 0.3 is 5.97 Å². The molecule has 0 bridgehead atoms. The van der Waals surface area contributed by atoms with Gasteiger partial charge in [-0.3, -0.25) is 0 Å². The van der Waals surface area contributed by atoms with Gasteiger partial charge in [0.25, 0.3) is 0 Å². The van der Waals surface area contributed by atoms with Crippen molar-refractivity contribution in [2.24, 2.45) is 0 Å². The number of carbonyl (C=O) groups excluding carboxylic acids is 1. The number of rotatable bonds is 8. The first-order valence-electron chi connectivity index (χ1n) is 10.2. The van der Waals surface area contributed by atoms with Crippen molar-refractivity contribution in [1.82, 2.24) is 9.29 Å². The van der Waals surface area contributed by atoms with Gasteiger partial charge in [0.15, 0.2) is 0 Å². The normalized spacial score (nSPS) is 11.6. The van der Waals surface area contributed by atoms with Crippen molar-refractivity contribution < 1.29 is 17.9 Å². The summed E-state index contributed by atoms with van der Waals surface area (Å²) in [5, 5.41) is 0. The van der Waals surface area contributed by atoms with Gasteiger partial charge < -0.3 is 9.72 Å². The number of esters is 1. The first kappa shape index (κ1) is 22.8. The standard InChI is InChI=1S/C24H28N2O4S/c1-5-30-24(27)23-18(3)22(19(4)25-23)16-26(15-20-13-11-17(2)12-14-20)31(28,29)21-9-7-6-8-10-21/h6-14,25H,5,15-16H2,1-4H3. The molecular weight excluding hydrogens is 412 g/mol. The molecule has 0 unspecified atom stereocenters. The molecule has 0 saturated carbocycles. The van der Waals surface area contributed by atoms with Crippen LogP contribution < -0.4 is 0 Å². The van der Waals surface area contributed by atoms with Gasteiger partial charge in [-0.1, -0.05) is 48.0 Å². The Balaban J connectivity index is 2.01. The molecule has 0 aliphatic rings. The van der Waals surface area contributed by atoms with Crippen LogP contribution in [0.3, 0.4) is 0 Å². The zero-order chi connectivity index (χ0) is 22.6. The third-order valence-electron chi connectivity index (χ3n) is 5.27. The second kappa shape index (κ2) is 9.49. The zero-order valence-electron chi connectivity index (χ0n) is 18.3. The number of ether oxygens (including phenoxy) is 1. The smallest absolute Gasteiger partial charge is 0.355 e.